The third kappa shape index (κ3) is 2.84. The number of rotatable bonds is 5. The predicted octanol–water partition coefficient (Wildman–Crippen LogP) is -3.00. The molecule has 0 amide bonds. The zero-order chi connectivity index (χ0) is 15.8. The summed E-state index contributed by atoms with van der Waals surface area (Å²) in [6.45, 7) is -0.312. The summed E-state index contributed by atoms with van der Waals surface area (Å²) in [5.74, 6) is -1.13. The average Bonchev–Trinajstić information content (AvgIpc) is 2.90. The highest BCUT2D eigenvalue weighted by Crippen LogP contribution is 2.39. The molecule has 0 radical (unpaired) electrons. The van der Waals surface area contributed by atoms with Crippen LogP contribution in [0.25, 0.3) is 0 Å². The van der Waals surface area contributed by atoms with E-state index < -0.39 is 47.1 Å². The van der Waals surface area contributed by atoms with Crippen molar-refractivity contribution in [1.29, 1.82) is 0 Å². The number of hydrogen-bond donors (Lipinski definition) is 4. The van der Waals surface area contributed by atoms with Crippen molar-refractivity contribution in [2.24, 2.45) is 11.5 Å². The van der Waals surface area contributed by atoms with Crippen molar-refractivity contribution in [3.63, 3.8) is 0 Å². The van der Waals surface area contributed by atoms with Gasteiger partial charge in [0.2, 0.25) is 0 Å². The molecule has 0 saturated carbocycles. The molecule has 2 aliphatic rings. The Morgan fingerprint density at radius 3 is 2.81 bits per heavy atom. The van der Waals surface area contributed by atoms with E-state index in [-0.39, 0.29) is 19.6 Å². The molecular formula is C10H17N3O8. The van der Waals surface area contributed by atoms with Gasteiger partial charge in [-0.1, -0.05) is 0 Å². The fraction of sp³-hybridized carbons (Fsp3) is 0.900. The molecule has 2 heterocycles. The maximum Gasteiger partial charge on any atom is 0.303 e. The van der Waals surface area contributed by atoms with Crippen molar-refractivity contribution in [2.75, 3.05) is 13.2 Å². The summed E-state index contributed by atoms with van der Waals surface area (Å²) in [6, 6.07) is 0. The van der Waals surface area contributed by atoms with Crippen LogP contribution in [0.4, 0.5) is 0 Å². The molecule has 6 N–H and O–H groups in total. The van der Waals surface area contributed by atoms with Gasteiger partial charge in [0.1, 0.15) is 23.9 Å². The minimum Gasteiger partial charge on any atom is -0.388 e. The van der Waals surface area contributed by atoms with E-state index in [0.717, 1.165) is 0 Å². The van der Waals surface area contributed by atoms with E-state index >= 15 is 0 Å². The van der Waals surface area contributed by atoms with Crippen molar-refractivity contribution >= 4 is 5.97 Å². The Hall–Kier alpha value is -1.37. The summed E-state index contributed by atoms with van der Waals surface area (Å²) < 4.78 is 10.5. The number of aliphatic hydroxyl groups is 2. The number of hydrogen-bond acceptors (Lipinski definition) is 10. The number of ether oxygens (including phenoxy) is 2. The number of aliphatic hydroxyl groups excluding tert-OH is 1. The molecule has 0 spiro atoms. The van der Waals surface area contributed by atoms with Crippen LogP contribution in [0.5, 0.6) is 0 Å². The fourth-order valence-corrected chi connectivity index (χ4v) is 2.56. The van der Waals surface area contributed by atoms with Gasteiger partial charge < -0.3 is 31.2 Å². The Labute approximate surface area is 118 Å². The van der Waals surface area contributed by atoms with Gasteiger partial charge in [-0.3, -0.25) is 4.79 Å². The molecular weight excluding hydrogens is 290 g/mol. The van der Waals surface area contributed by atoms with Gasteiger partial charge >= 0.3 is 11.1 Å². The lowest BCUT2D eigenvalue weighted by atomic mass is 9.81. The first-order valence-electron chi connectivity index (χ1n) is 6.24. The third-order valence-electron chi connectivity index (χ3n) is 3.82. The van der Waals surface area contributed by atoms with Crippen molar-refractivity contribution in [2.45, 2.75) is 42.4 Å². The normalized spacial score (nSPS) is 35.5. The molecule has 21 heavy (non-hydrogen) atoms. The van der Waals surface area contributed by atoms with Crippen molar-refractivity contribution in [3.05, 3.63) is 10.1 Å². The molecule has 0 bridgehead atoms. The van der Waals surface area contributed by atoms with Gasteiger partial charge in [0.25, 0.3) is 0 Å². The van der Waals surface area contributed by atoms with Crippen LogP contribution in [0.1, 0.15) is 12.8 Å². The quantitative estimate of drug-likeness (QED) is 0.232. The van der Waals surface area contributed by atoms with Crippen LogP contribution in [0.15, 0.2) is 0 Å². The average molecular weight is 307 g/mol. The molecule has 0 aromatic rings. The van der Waals surface area contributed by atoms with E-state index in [4.69, 9.17) is 20.9 Å². The number of nitrogens with two attached hydrogens (primary N) is 2. The molecule has 120 valence electrons. The molecule has 2 aliphatic heterocycles. The zero-order valence-corrected chi connectivity index (χ0v) is 11.0. The molecule has 0 aromatic carbocycles. The fourth-order valence-electron chi connectivity index (χ4n) is 2.56. The van der Waals surface area contributed by atoms with Crippen LogP contribution < -0.4 is 11.5 Å². The largest absolute Gasteiger partial charge is 0.388 e. The number of carbonyl (C=O) groups excluding carboxylic acids is 1. The lowest BCUT2D eigenvalue weighted by Gasteiger charge is -2.41. The van der Waals surface area contributed by atoms with Gasteiger partial charge in [-0.25, -0.2) is 4.84 Å². The zero-order valence-electron chi connectivity index (χ0n) is 11.0. The van der Waals surface area contributed by atoms with Crippen LogP contribution in [-0.4, -0.2) is 64.1 Å². The molecule has 11 heteroatoms. The Bertz CT molecular complexity index is 444. The maximum absolute atomic E-state index is 11.1. The standard InChI is InChI=1S/C10H17N3O8/c11-10(12,2-1-6(15)21-13(17)18)9(16)4-20-7-5(14)3-19-8(7)9/h5,7-8,14,16H,1-4,11-12H2/t5-,7+,8-,9-/m0/s1. The van der Waals surface area contributed by atoms with Crippen molar-refractivity contribution in [3.8, 4) is 0 Å². The smallest absolute Gasteiger partial charge is 0.303 e. The first kappa shape index (κ1) is 16.0. The number of carbonyl (C=O) groups is 1. The summed E-state index contributed by atoms with van der Waals surface area (Å²) in [5, 5.41) is 29.0. The second-order valence-electron chi connectivity index (χ2n) is 5.25. The maximum atomic E-state index is 11.1. The highest BCUT2D eigenvalue weighted by Gasteiger charge is 2.62. The summed E-state index contributed by atoms with van der Waals surface area (Å²) in [7, 11) is 0. The molecule has 2 rings (SSSR count). The van der Waals surface area contributed by atoms with Gasteiger partial charge in [0.05, 0.1) is 18.9 Å². The lowest BCUT2D eigenvalue weighted by Crippen LogP contribution is -2.72. The van der Waals surface area contributed by atoms with E-state index in [9.17, 15) is 25.1 Å². The molecule has 2 saturated heterocycles. The number of nitrogens with zero attached hydrogens (tertiary/aromatic N) is 1. The van der Waals surface area contributed by atoms with E-state index in [1.54, 1.807) is 0 Å². The molecule has 0 aliphatic carbocycles. The van der Waals surface area contributed by atoms with Crippen LogP contribution in [0.2, 0.25) is 0 Å². The minimum absolute atomic E-state index is 0.0307. The SMILES string of the molecule is NC(N)(CCC(=O)O[N+](=O)[O-])[C@]1(O)CO[C@@H]2[C@@H](O)CO[C@@H]21. The van der Waals surface area contributed by atoms with Crippen LogP contribution in [0, 0.1) is 10.1 Å². The van der Waals surface area contributed by atoms with Gasteiger partial charge in [0.15, 0.2) is 0 Å². The summed E-state index contributed by atoms with van der Waals surface area (Å²) in [6.07, 6.45) is -3.35. The monoisotopic (exact) mass is 307 g/mol. The first-order valence-corrected chi connectivity index (χ1v) is 6.24. The van der Waals surface area contributed by atoms with Crippen LogP contribution in [-0.2, 0) is 19.1 Å². The molecule has 0 aromatic heterocycles. The topological polar surface area (TPSA) is 180 Å². The summed E-state index contributed by atoms with van der Waals surface area (Å²) in [5.41, 5.74) is 8.05. The van der Waals surface area contributed by atoms with Gasteiger partial charge in [0, 0.05) is 6.42 Å². The Kier molecular flexibility index (Phi) is 4.15. The first-order chi connectivity index (χ1) is 9.67. The van der Waals surface area contributed by atoms with Gasteiger partial charge in [-0.15, -0.1) is 10.1 Å². The highest BCUT2D eigenvalue weighted by atomic mass is 17.0. The summed E-state index contributed by atoms with van der Waals surface area (Å²) >= 11 is 0. The van der Waals surface area contributed by atoms with Gasteiger partial charge in [-0.05, 0) is 6.42 Å². The second-order valence-corrected chi connectivity index (χ2v) is 5.25. The third-order valence-corrected chi connectivity index (χ3v) is 3.82. The van der Waals surface area contributed by atoms with E-state index in [2.05, 4.69) is 4.84 Å². The van der Waals surface area contributed by atoms with E-state index in [0.29, 0.717) is 0 Å². The molecule has 0 unspecified atom stereocenters. The molecule has 4 atom stereocenters. The minimum atomic E-state index is -1.83. The van der Waals surface area contributed by atoms with Gasteiger partial charge in [-0.2, -0.15) is 0 Å². The van der Waals surface area contributed by atoms with E-state index in [1.807, 2.05) is 0 Å². The molecule has 11 nitrogen and oxygen atoms in total. The van der Waals surface area contributed by atoms with Crippen molar-refractivity contribution in [1.82, 2.24) is 0 Å². The van der Waals surface area contributed by atoms with Crippen molar-refractivity contribution < 1.29 is 34.4 Å². The molecule has 2 fully saturated rings. The number of fused-ring (bicyclic) bond motifs is 1. The second kappa shape index (κ2) is 5.44. The summed E-state index contributed by atoms with van der Waals surface area (Å²) in [4.78, 5) is 24.9. The Morgan fingerprint density at radius 1 is 1.52 bits per heavy atom. The highest BCUT2D eigenvalue weighted by molar-refractivity contribution is 5.68. The Balaban J connectivity index is 2.01. The Morgan fingerprint density at radius 2 is 2.19 bits per heavy atom. The predicted molar refractivity (Wildman–Crippen MR) is 63.9 cm³/mol. The van der Waals surface area contributed by atoms with E-state index in [1.165, 1.54) is 0 Å². The van der Waals surface area contributed by atoms with Crippen LogP contribution in [0.3, 0.4) is 0 Å². The van der Waals surface area contributed by atoms with Crippen LogP contribution >= 0.6 is 0 Å². The lowest BCUT2D eigenvalue weighted by molar-refractivity contribution is -0.729.